The number of hydrogen-bond donors (Lipinski definition) is 2. The van der Waals surface area contributed by atoms with E-state index in [4.69, 9.17) is 11.6 Å². The lowest BCUT2D eigenvalue weighted by atomic mass is 9.99. The van der Waals surface area contributed by atoms with Crippen LogP contribution in [0.15, 0.2) is 23.3 Å². The Bertz CT molecular complexity index is 390. The second-order valence-electron chi connectivity index (χ2n) is 3.40. The minimum atomic E-state index is 0.114. The molecule has 74 valence electrons. The third-order valence-electron chi connectivity index (χ3n) is 2.33. The van der Waals surface area contributed by atoms with E-state index in [0.29, 0.717) is 10.9 Å². The van der Waals surface area contributed by atoms with E-state index in [-0.39, 0.29) is 5.75 Å². The van der Waals surface area contributed by atoms with Gasteiger partial charge in [-0.1, -0.05) is 24.6 Å². The molecule has 1 atom stereocenters. The molecule has 0 saturated carbocycles. The molecule has 1 aromatic carbocycles. The van der Waals surface area contributed by atoms with Crippen molar-refractivity contribution in [1.82, 2.24) is 5.43 Å². The summed E-state index contributed by atoms with van der Waals surface area (Å²) in [6.45, 7) is 2.86. The Labute approximate surface area is 87.4 Å². The van der Waals surface area contributed by atoms with Crippen LogP contribution in [0.3, 0.4) is 0 Å². The summed E-state index contributed by atoms with van der Waals surface area (Å²) in [5, 5.41) is 14.2. The SMILES string of the molecule is CC1CNN=C1c1cccc(Cl)c1O. The van der Waals surface area contributed by atoms with Crippen molar-refractivity contribution in [3.05, 3.63) is 28.8 Å². The summed E-state index contributed by atoms with van der Waals surface area (Å²) in [5.74, 6) is 0.419. The summed E-state index contributed by atoms with van der Waals surface area (Å²) in [6.07, 6.45) is 0. The van der Waals surface area contributed by atoms with Crippen LogP contribution in [-0.4, -0.2) is 17.4 Å². The third-order valence-corrected chi connectivity index (χ3v) is 2.63. The lowest BCUT2D eigenvalue weighted by molar-refractivity contribution is 0.474. The molecule has 4 heteroatoms. The Morgan fingerprint density at radius 2 is 2.36 bits per heavy atom. The van der Waals surface area contributed by atoms with Gasteiger partial charge in [0, 0.05) is 18.0 Å². The fourth-order valence-corrected chi connectivity index (χ4v) is 1.70. The van der Waals surface area contributed by atoms with Gasteiger partial charge < -0.3 is 10.5 Å². The largest absolute Gasteiger partial charge is 0.506 e. The van der Waals surface area contributed by atoms with Gasteiger partial charge in [-0.05, 0) is 12.1 Å². The van der Waals surface area contributed by atoms with Gasteiger partial charge in [0.25, 0.3) is 0 Å². The van der Waals surface area contributed by atoms with Gasteiger partial charge in [0.15, 0.2) is 0 Å². The van der Waals surface area contributed by atoms with Crippen LogP contribution in [0.2, 0.25) is 5.02 Å². The second-order valence-corrected chi connectivity index (χ2v) is 3.80. The maximum Gasteiger partial charge on any atom is 0.143 e. The molecule has 0 bridgehead atoms. The number of phenols is 1. The minimum absolute atomic E-state index is 0.114. The van der Waals surface area contributed by atoms with Crippen molar-refractivity contribution in [1.29, 1.82) is 0 Å². The number of hydrazone groups is 1. The van der Waals surface area contributed by atoms with Crippen molar-refractivity contribution in [2.24, 2.45) is 11.0 Å². The lowest BCUT2D eigenvalue weighted by Crippen LogP contribution is -2.12. The van der Waals surface area contributed by atoms with E-state index in [1.807, 2.05) is 12.1 Å². The van der Waals surface area contributed by atoms with Crippen LogP contribution >= 0.6 is 11.6 Å². The van der Waals surface area contributed by atoms with Crippen LogP contribution in [0.4, 0.5) is 0 Å². The van der Waals surface area contributed by atoms with Crippen molar-refractivity contribution in [2.45, 2.75) is 6.92 Å². The standard InChI is InChI=1S/C10H11ClN2O/c1-6-5-12-13-9(6)7-3-2-4-8(11)10(7)14/h2-4,6,12,14H,5H2,1H3. The summed E-state index contributed by atoms with van der Waals surface area (Å²) in [7, 11) is 0. The van der Waals surface area contributed by atoms with Gasteiger partial charge in [0.05, 0.1) is 10.7 Å². The van der Waals surface area contributed by atoms with Gasteiger partial charge in [-0.2, -0.15) is 5.10 Å². The van der Waals surface area contributed by atoms with Crippen molar-refractivity contribution >= 4 is 17.3 Å². The Hall–Kier alpha value is -1.22. The zero-order chi connectivity index (χ0) is 10.1. The minimum Gasteiger partial charge on any atom is -0.506 e. The first-order valence-electron chi connectivity index (χ1n) is 4.48. The molecule has 0 fully saturated rings. The van der Waals surface area contributed by atoms with Crippen LogP contribution in [0.1, 0.15) is 12.5 Å². The topological polar surface area (TPSA) is 44.6 Å². The summed E-state index contributed by atoms with van der Waals surface area (Å²) in [4.78, 5) is 0. The van der Waals surface area contributed by atoms with Crippen molar-refractivity contribution in [3.63, 3.8) is 0 Å². The molecule has 0 aliphatic carbocycles. The molecule has 14 heavy (non-hydrogen) atoms. The Morgan fingerprint density at radius 1 is 1.57 bits per heavy atom. The Morgan fingerprint density at radius 3 is 3.00 bits per heavy atom. The quantitative estimate of drug-likeness (QED) is 0.745. The smallest absolute Gasteiger partial charge is 0.143 e. The zero-order valence-electron chi connectivity index (χ0n) is 7.79. The fraction of sp³-hybridized carbons (Fsp3) is 0.300. The molecule has 2 N–H and O–H groups in total. The molecule has 3 nitrogen and oxygen atoms in total. The molecule has 0 radical (unpaired) electrons. The number of phenolic OH excluding ortho intramolecular Hbond substituents is 1. The molecule has 1 aromatic rings. The van der Waals surface area contributed by atoms with E-state index in [9.17, 15) is 5.11 Å². The fourth-order valence-electron chi connectivity index (χ4n) is 1.52. The monoisotopic (exact) mass is 210 g/mol. The van der Waals surface area contributed by atoms with E-state index in [1.54, 1.807) is 6.07 Å². The van der Waals surface area contributed by atoms with Gasteiger partial charge in [-0.15, -0.1) is 0 Å². The van der Waals surface area contributed by atoms with E-state index < -0.39 is 0 Å². The molecule has 0 amide bonds. The van der Waals surface area contributed by atoms with Gasteiger partial charge in [0.2, 0.25) is 0 Å². The predicted molar refractivity (Wildman–Crippen MR) is 56.8 cm³/mol. The van der Waals surface area contributed by atoms with Gasteiger partial charge in [0.1, 0.15) is 5.75 Å². The highest BCUT2D eigenvalue weighted by atomic mass is 35.5. The molecule has 0 spiro atoms. The van der Waals surface area contributed by atoms with Gasteiger partial charge in [-0.25, -0.2) is 0 Å². The highest BCUT2D eigenvalue weighted by Crippen LogP contribution is 2.29. The van der Waals surface area contributed by atoms with Crippen LogP contribution in [0.25, 0.3) is 0 Å². The molecule has 1 heterocycles. The second kappa shape index (κ2) is 3.50. The average molecular weight is 211 g/mol. The van der Waals surface area contributed by atoms with E-state index in [2.05, 4.69) is 17.5 Å². The van der Waals surface area contributed by atoms with Crippen molar-refractivity contribution in [3.8, 4) is 5.75 Å². The van der Waals surface area contributed by atoms with Crippen LogP contribution < -0.4 is 5.43 Å². The van der Waals surface area contributed by atoms with Crippen LogP contribution in [-0.2, 0) is 0 Å². The molecular weight excluding hydrogens is 200 g/mol. The highest BCUT2D eigenvalue weighted by molar-refractivity contribution is 6.32. The summed E-state index contributed by atoms with van der Waals surface area (Å²) in [6, 6.07) is 5.29. The van der Waals surface area contributed by atoms with Crippen molar-refractivity contribution in [2.75, 3.05) is 6.54 Å². The average Bonchev–Trinajstić information content (AvgIpc) is 2.57. The maximum absolute atomic E-state index is 9.74. The molecule has 0 aromatic heterocycles. The zero-order valence-corrected chi connectivity index (χ0v) is 8.54. The van der Waals surface area contributed by atoms with E-state index in [0.717, 1.165) is 17.8 Å². The van der Waals surface area contributed by atoms with Crippen LogP contribution in [0, 0.1) is 5.92 Å². The molecule has 1 aliphatic heterocycles. The number of para-hydroxylation sites is 1. The van der Waals surface area contributed by atoms with E-state index in [1.165, 1.54) is 0 Å². The number of benzene rings is 1. The number of nitrogens with one attached hydrogen (secondary N) is 1. The first-order valence-corrected chi connectivity index (χ1v) is 4.86. The number of rotatable bonds is 1. The van der Waals surface area contributed by atoms with E-state index >= 15 is 0 Å². The number of aromatic hydroxyl groups is 1. The Kier molecular flexibility index (Phi) is 2.33. The third kappa shape index (κ3) is 1.44. The van der Waals surface area contributed by atoms with Gasteiger partial charge in [-0.3, -0.25) is 0 Å². The summed E-state index contributed by atoms with van der Waals surface area (Å²) >= 11 is 5.81. The number of hydrogen-bond acceptors (Lipinski definition) is 3. The number of nitrogens with zero attached hydrogens (tertiary/aromatic N) is 1. The summed E-state index contributed by atoms with van der Waals surface area (Å²) in [5.41, 5.74) is 4.48. The predicted octanol–water partition coefficient (Wildman–Crippen LogP) is 1.99. The maximum atomic E-state index is 9.74. The van der Waals surface area contributed by atoms with Crippen LogP contribution in [0.5, 0.6) is 5.75 Å². The molecular formula is C10H11ClN2O. The highest BCUT2D eigenvalue weighted by Gasteiger charge is 2.21. The molecule has 2 rings (SSSR count). The molecule has 0 saturated heterocycles. The molecule has 1 unspecified atom stereocenters. The van der Waals surface area contributed by atoms with Crippen molar-refractivity contribution < 1.29 is 5.11 Å². The number of halogens is 1. The normalized spacial score (nSPS) is 20.4. The Balaban J connectivity index is 2.46. The lowest BCUT2D eigenvalue weighted by Gasteiger charge is -2.08. The first kappa shape index (κ1) is 9.34. The first-order chi connectivity index (χ1) is 6.70. The summed E-state index contributed by atoms with van der Waals surface area (Å²) < 4.78 is 0. The van der Waals surface area contributed by atoms with Gasteiger partial charge >= 0.3 is 0 Å². The molecule has 1 aliphatic rings.